The van der Waals surface area contributed by atoms with Gasteiger partial charge in [0, 0.05) is 35.5 Å². The Bertz CT molecular complexity index is 778. The molecule has 0 spiro atoms. The van der Waals surface area contributed by atoms with Crippen LogP contribution in [0.25, 0.3) is 11.0 Å². The normalized spacial score (nSPS) is 19.8. The molecule has 5 nitrogen and oxygen atoms in total. The molecule has 1 saturated heterocycles. The molecule has 6 heteroatoms. The molecule has 1 fully saturated rings. The van der Waals surface area contributed by atoms with E-state index in [4.69, 9.17) is 4.98 Å². The van der Waals surface area contributed by atoms with E-state index in [1.54, 1.807) is 11.3 Å². The topological polar surface area (TPSA) is 57.7 Å². The van der Waals surface area contributed by atoms with E-state index in [1.807, 2.05) is 6.20 Å². The summed E-state index contributed by atoms with van der Waals surface area (Å²) in [6.45, 7) is 5.23. The van der Waals surface area contributed by atoms with Crippen LogP contribution in [0.5, 0.6) is 0 Å². The highest BCUT2D eigenvalue weighted by molar-refractivity contribution is 7.09. The van der Waals surface area contributed by atoms with Crippen molar-refractivity contribution < 1.29 is 0 Å². The SMILES string of the molecule is Cc1nc(CN2CCCC(c3ccc4cn[nH]c4n3)C2)cs1. The van der Waals surface area contributed by atoms with Gasteiger partial charge in [0.25, 0.3) is 0 Å². The van der Waals surface area contributed by atoms with Crippen LogP contribution in [0.2, 0.25) is 0 Å². The molecular weight excluding hydrogens is 294 g/mol. The van der Waals surface area contributed by atoms with Crippen LogP contribution >= 0.6 is 11.3 Å². The molecule has 1 unspecified atom stereocenters. The molecule has 4 heterocycles. The maximum Gasteiger partial charge on any atom is 0.155 e. The quantitative estimate of drug-likeness (QED) is 0.807. The van der Waals surface area contributed by atoms with E-state index >= 15 is 0 Å². The minimum absolute atomic E-state index is 0.501. The standard InChI is InChI=1S/C16H19N5S/c1-11-18-14(10-22-11)9-21-6-2-3-13(8-21)15-5-4-12-7-17-20-16(12)19-15/h4-5,7,10,13H,2-3,6,8-9H2,1H3,(H,17,19,20). The zero-order valence-corrected chi connectivity index (χ0v) is 13.4. The smallest absolute Gasteiger partial charge is 0.155 e. The average molecular weight is 313 g/mol. The van der Waals surface area contributed by atoms with Crippen LogP contribution in [0, 0.1) is 6.92 Å². The van der Waals surface area contributed by atoms with E-state index < -0.39 is 0 Å². The summed E-state index contributed by atoms with van der Waals surface area (Å²) in [4.78, 5) is 11.8. The van der Waals surface area contributed by atoms with Crippen LogP contribution in [0.1, 0.15) is 35.2 Å². The Kier molecular flexibility index (Phi) is 3.63. The van der Waals surface area contributed by atoms with Gasteiger partial charge in [-0.3, -0.25) is 10.00 Å². The van der Waals surface area contributed by atoms with E-state index in [0.29, 0.717) is 5.92 Å². The molecule has 4 rings (SSSR count). The molecule has 114 valence electrons. The predicted molar refractivity (Wildman–Crippen MR) is 88.0 cm³/mol. The van der Waals surface area contributed by atoms with Crippen molar-refractivity contribution >= 4 is 22.4 Å². The van der Waals surface area contributed by atoms with E-state index in [-0.39, 0.29) is 0 Å². The number of hydrogen-bond acceptors (Lipinski definition) is 5. The van der Waals surface area contributed by atoms with Gasteiger partial charge in [-0.25, -0.2) is 9.97 Å². The number of aromatic amines is 1. The zero-order chi connectivity index (χ0) is 14.9. The molecule has 0 aromatic carbocycles. The number of H-pyrrole nitrogens is 1. The molecule has 22 heavy (non-hydrogen) atoms. The van der Waals surface area contributed by atoms with Crippen molar-refractivity contribution in [2.45, 2.75) is 32.2 Å². The molecular formula is C16H19N5S. The lowest BCUT2D eigenvalue weighted by Crippen LogP contribution is -2.34. The fourth-order valence-electron chi connectivity index (χ4n) is 3.22. The first kappa shape index (κ1) is 13.8. The highest BCUT2D eigenvalue weighted by atomic mass is 32.1. The molecule has 0 radical (unpaired) electrons. The summed E-state index contributed by atoms with van der Waals surface area (Å²) in [5, 5.41) is 11.4. The molecule has 0 saturated carbocycles. The second-order valence-corrected chi connectivity index (χ2v) is 7.04. The van der Waals surface area contributed by atoms with Crippen LogP contribution in [0.15, 0.2) is 23.7 Å². The molecule has 1 aliphatic rings. The summed E-state index contributed by atoms with van der Waals surface area (Å²) in [6.07, 6.45) is 4.25. The number of thiazole rings is 1. The highest BCUT2D eigenvalue weighted by Crippen LogP contribution is 2.27. The third kappa shape index (κ3) is 2.76. The molecule has 3 aromatic rings. The first-order valence-electron chi connectivity index (χ1n) is 7.71. The molecule has 3 aromatic heterocycles. The third-order valence-corrected chi connectivity index (χ3v) is 5.12. The van der Waals surface area contributed by atoms with Crippen molar-refractivity contribution in [3.63, 3.8) is 0 Å². The highest BCUT2D eigenvalue weighted by Gasteiger charge is 2.23. The molecule has 1 aliphatic heterocycles. The van der Waals surface area contributed by atoms with E-state index in [0.717, 1.165) is 35.7 Å². The maximum absolute atomic E-state index is 4.75. The van der Waals surface area contributed by atoms with Crippen LogP contribution in [0.4, 0.5) is 0 Å². The zero-order valence-electron chi connectivity index (χ0n) is 12.6. The van der Waals surface area contributed by atoms with Gasteiger partial charge >= 0.3 is 0 Å². The van der Waals surface area contributed by atoms with Crippen molar-refractivity contribution in [1.82, 2.24) is 25.1 Å². The third-order valence-electron chi connectivity index (χ3n) is 4.30. The van der Waals surface area contributed by atoms with Gasteiger partial charge < -0.3 is 0 Å². The van der Waals surface area contributed by atoms with Gasteiger partial charge in [-0.15, -0.1) is 11.3 Å². The summed E-state index contributed by atoms with van der Waals surface area (Å²) in [5.41, 5.74) is 3.26. The number of piperidine rings is 1. The van der Waals surface area contributed by atoms with Crippen molar-refractivity contribution in [2.75, 3.05) is 13.1 Å². The van der Waals surface area contributed by atoms with E-state index in [1.165, 1.54) is 24.2 Å². The summed E-state index contributed by atoms with van der Waals surface area (Å²) in [7, 11) is 0. The predicted octanol–water partition coefficient (Wildman–Crippen LogP) is 3.10. The van der Waals surface area contributed by atoms with Crippen LogP contribution in [-0.2, 0) is 6.54 Å². The lowest BCUT2D eigenvalue weighted by Gasteiger charge is -2.31. The van der Waals surface area contributed by atoms with Gasteiger partial charge in [0.2, 0.25) is 0 Å². The van der Waals surface area contributed by atoms with Crippen molar-refractivity contribution in [3.05, 3.63) is 40.1 Å². The second kappa shape index (κ2) is 5.78. The summed E-state index contributed by atoms with van der Waals surface area (Å²) in [5.74, 6) is 0.501. The van der Waals surface area contributed by atoms with E-state index in [2.05, 4.69) is 44.5 Å². The second-order valence-electron chi connectivity index (χ2n) is 5.98. The lowest BCUT2D eigenvalue weighted by molar-refractivity contribution is 0.197. The van der Waals surface area contributed by atoms with Gasteiger partial charge in [0.05, 0.1) is 16.9 Å². The van der Waals surface area contributed by atoms with Crippen molar-refractivity contribution in [2.24, 2.45) is 0 Å². The number of hydrogen-bond donors (Lipinski definition) is 1. The molecule has 1 N–H and O–H groups in total. The van der Waals surface area contributed by atoms with Crippen LogP contribution in [0.3, 0.4) is 0 Å². The molecule has 0 amide bonds. The van der Waals surface area contributed by atoms with Gasteiger partial charge in [0.15, 0.2) is 5.65 Å². The first-order chi connectivity index (χ1) is 10.8. The maximum atomic E-state index is 4.75. The minimum atomic E-state index is 0.501. The lowest BCUT2D eigenvalue weighted by atomic mass is 9.94. The Morgan fingerprint density at radius 3 is 3.18 bits per heavy atom. The average Bonchev–Trinajstić information content (AvgIpc) is 3.15. The fourth-order valence-corrected chi connectivity index (χ4v) is 3.82. The molecule has 0 bridgehead atoms. The van der Waals surface area contributed by atoms with Gasteiger partial charge in [-0.05, 0) is 38.4 Å². The van der Waals surface area contributed by atoms with Crippen molar-refractivity contribution in [1.29, 1.82) is 0 Å². The number of fused-ring (bicyclic) bond motifs is 1. The Morgan fingerprint density at radius 1 is 1.36 bits per heavy atom. The van der Waals surface area contributed by atoms with Gasteiger partial charge in [0.1, 0.15) is 0 Å². The van der Waals surface area contributed by atoms with E-state index in [9.17, 15) is 0 Å². The Labute approximate surface area is 133 Å². The van der Waals surface area contributed by atoms with Gasteiger partial charge in [-0.1, -0.05) is 0 Å². The molecule has 1 atom stereocenters. The fraction of sp³-hybridized carbons (Fsp3) is 0.438. The van der Waals surface area contributed by atoms with Gasteiger partial charge in [-0.2, -0.15) is 5.10 Å². The minimum Gasteiger partial charge on any atom is -0.297 e. The number of nitrogens with zero attached hydrogens (tertiary/aromatic N) is 4. The summed E-state index contributed by atoms with van der Waals surface area (Å²) >= 11 is 1.73. The Hall–Kier alpha value is -1.79. The van der Waals surface area contributed by atoms with Crippen LogP contribution in [-0.4, -0.2) is 38.2 Å². The summed E-state index contributed by atoms with van der Waals surface area (Å²) < 4.78 is 0. The first-order valence-corrected chi connectivity index (χ1v) is 8.59. The largest absolute Gasteiger partial charge is 0.297 e. The number of aromatic nitrogens is 4. The number of aryl methyl sites for hydroxylation is 1. The monoisotopic (exact) mass is 313 g/mol. The van der Waals surface area contributed by atoms with Crippen molar-refractivity contribution in [3.8, 4) is 0 Å². The Morgan fingerprint density at radius 2 is 2.32 bits per heavy atom. The number of rotatable bonds is 3. The summed E-state index contributed by atoms with van der Waals surface area (Å²) in [6, 6.07) is 4.27. The number of nitrogens with one attached hydrogen (secondary N) is 1. The Balaban J connectivity index is 1.50. The number of pyridine rings is 1. The number of likely N-dealkylation sites (tertiary alicyclic amines) is 1. The molecule has 0 aliphatic carbocycles. The van der Waals surface area contributed by atoms with Crippen LogP contribution < -0.4 is 0 Å².